The summed E-state index contributed by atoms with van der Waals surface area (Å²) < 4.78 is 18.4. The van der Waals surface area contributed by atoms with Crippen LogP contribution in [0.1, 0.15) is 46.6 Å². The van der Waals surface area contributed by atoms with Crippen molar-refractivity contribution in [3.63, 3.8) is 0 Å². The Morgan fingerprint density at radius 2 is 1.96 bits per heavy atom. The fourth-order valence-corrected chi connectivity index (χ4v) is 2.16. The molecule has 1 aromatic rings. The van der Waals surface area contributed by atoms with E-state index in [1.54, 1.807) is 20.8 Å². The van der Waals surface area contributed by atoms with E-state index >= 15 is 0 Å². The van der Waals surface area contributed by atoms with Crippen molar-refractivity contribution in [3.05, 3.63) is 29.6 Å². The molecule has 2 atom stereocenters. The first-order valence-electron chi connectivity index (χ1n) is 8.27. The minimum absolute atomic E-state index is 0.148. The van der Waals surface area contributed by atoms with Gasteiger partial charge < -0.3 is 20.5 Å². The molecule has 0 saturated carbocycles. The minimum atomic E-state index is -0.823. The third kappa shape index (κ3) is 6.70. The van der Waals surface area contributed by atoms with Gasteiger partial charge in [-0.2, -0.15) is 0 Å². The molecule has 0 spiro atoms. The second kappa shape index (κ2) is 8.80. The summed E-state index contributed by atoms with van der Waals surface area (Å²) in [5, 5.41) is 14.5. The standard InChI is InChI=1S/C18H27FN2O4/c1-6-11(2)15(21-17(24)25-18(3,4)5)16(23)20-14-8-7-13(19)9-12(14)10-22/h7-9,11,15,22H,6,10H2,1-5H3,(H,20,23)(H,21,24)/t11-,15-/m0/s1. The Hall–Kier alpha value is -2.15. The zero-order valence-electron chi connectivity index (χ0n) is 15.4. The lowest BCUT2D eigenvalue weighted by Gasteiger charge is -2.26. The molecule has 0 heterocycles. The number of aliphatic hydroxyl groups excluding tert-OH is 1. The molecule has 3 N–H and O–H groups in total. The predicted octanol–water partition coefficient (Wildman–Crippen LogP) is 3.20. The molecular weight excluding hydrogens is 327 g/mol. The van der Waals surface area contributed by atoms with E-state index < -0.39 is 36.1 Å². The number of hydrogen-bond acceptors (Lipinski definition) is 4. The SMILES string of the molecule is CC[C@H](C)[C@H](NC(=O)OC(C)(C)C)C(=O)Nc1ccc(F)cc1CO. The maximum absolute atomic E-state index is 13.2. The van der Waals surface area contributed by atoms with Crippen LogP contribution in [0.3, 0.4) is 0 Å². The van der Waals surface area contributed by atoms with Crippen LogP contribution in [0.15, 0.2) is 18.2 Å². The van der Waals surface area contributed by atoms with Gasteiger partial charge in [-0.25, -0.2) is 9.18 Å². The average molecular weight is 354 g/mol. The summed E-state index contributed by atoms with van der Waals surface area (Å²) >= 11 is 0. The molecule has 7 heteroatoms. The van der Waals surface area contributed by atoms with Crippen LogP contribution < -0.4 is 10.6 Å². The summed E-state index contributed by atoms with van der Waals surface area (Å²) in [4.78, 5) is 24.6. The summed E-state index contributed by atoms with van der Waals surface area (Å²) in [5.41, 5.74) is -0.122. The van der Waals surface area contributed by atoms with E-state index in [9.17, 15) is 19.1 Å². The van der Waals surface area contributed by atoms with Crippen LogP contribution in [0, 0.1) is 11.7 Å². The molecule has 0 aromatic heterocycles. The molecule has 1 rings (SSSR count). The molecule has 0 aliphatic rings. The minimum Gasteiger partial charge on any atom is -0.444 e. The number of benzene rings is 1. The predicted molar refractivity (Wildman–Crippen MR) is 93.6 cm³/mol. The van der Waals surface area contributed by atoms with Crippen molar-refractivity contribution < 1.29 is 23.8 Å². The monoisotopic (exact) mass is 354 g/mol. The molecule has 140 valence electrons. The van der Waals surface area contributed by atoms with E-state index in [2.05, 4.69) is 10.6 Å². The van der Waals surface area contributed by atoms with Crippen LogP contribution in [0.5, 0.6) is 0 Å². The number of carbonyl (C=O) groups excluding carboxylic acids is 2. The Bertz CT molecular complexity index is 614. The van der Waals surface area contributed by atoms with Crippen molar-refractivity contribution in [2.24, 2.45) is 5.92 Å². The number of amides is 2. The molecule has 0 saturated heterocycles. The number of hydrogen-bond donors (Lipinski definition) is 3. The Kier molecular flexibility index (Phi) is 7.36. The van der Waals surface area contributed by atoms with Gasteiger partial charge in [-0.15, -0.1) is 0 Å². The summed E-state index contributed by atoms with van der Waals surface area (Å²) in [7, 11) is 0. The number of halogens is 1. The molecular formula is C18H27FN2O4. The van der Waals surface area contributed by atoms with E-state index in [0.717, 1.165) is 6.07 Å². The number of carbonyl (C=O) groups is 2. The molecule has 0 unspecified atom stereocenters. The van der Waals surface area contributed by atoms with Gasteiger partial charge in [0, 0.05) is 11.3 Å². The van der Waals surface area contributed by atoms with Crippen molar-refractivity contribution in [1.82, 2.24) is 5.32 Å². The number of alkyl carbamates (subject to hydrolysis) is 1. The maximum Gasteiger partial charge on any atom is 0.408 e. The molecule has 0 aliphatic heterocycles. The highest BCUT2D eigenvalue weighted by Gasteiger charge is 2.28. The highest BCUT2D eigenvalue weighted by Crippen LogP contribution is 2.19. The molecule has 0 fully saturated rings. The van der Waals surface area contributed by atoms with Crippen molar-refractivity contribution in [2.75, 3.05) is 5.32 Å². The van der Waals surface area contributed by atoms with Gasteiger partial charge in [0.05, 0.1) is 6.61 Å². The number of rotatable bonds is 6. The lowest BCUT2D eigenvalue weighted by atomic mass is 9.98. The van der Waals surface area contributed by atoms with Crippen LogP contribution >= 0.6 is 0 Å². The number of nitrogens with one attached hydrogen (secondary N) is 2. The van der Waals surface area contributed by atoms with E-state index in [4.69, 9.17) is 4.74 Å². The van der Waals surface area contributed by atoms with Gasteiger partial charge in [0.1, 0.15) is 17.5 Å². The summed E-state index contributed by atoms with van der Waals surface area (Å²) in [6, 6.07) is 2.89. The van der Waals surface area contributed by atoms with Gasteiger partial charge in [0.15, 0.2) is 0 Å². The zero-order valence-corrected chi connectivity index (χ0v) is 15.4. The van der Waals surface area contributed by atoms with Crippen LogP contribution in [0.4, 0.5) is 14.9 Å². The van der Waals surface area contributed by atoms with Gasteiger partial charge in [-0.1, -0.05) is 20.3 Å². The lowest BCUT2D eigenvalue weighted by Crippen LogP contribution is -2.49. The average Bonchev–Trinajstić information content (AvgIpc) is 2.51. The largest absolute Gasteiger partial charge is 0.444 e. The van der Waals surface area contributed by atoms with Crippen LogP contribution in [0.2, 0.25) is 0 Å². The highest BCUT2D eigenvalue weighted by atomic mass is 19.1. The molecule has 6 nitrogen and oxygen atoms in total. The number of anilines is 1. The molecule has 0 radical (unpaired) electrons. The third-order valence-corrected chi connectivity index (χ3v) is 3.66. The number of aliphatic hydroxyl groups is 1. The van der Waals surface area contributed by atoms with Crippen molar-refractivity contribution in [1.29, 1.82) is 0 Å². The Morgan fingerprint density at radius 3 is 2.48 bits per heavy atom. The third-order valence-electron chi connectivity index (χ3n) is 3.66. The van der Waals surface area contributed by atoms with Gasteiger partial charge in [0.25, 0.3) is 0 Å². The molecule has 0 bridgehead atoms. The fraction of sp³-hybridized carbons (Fsp3) is 0.556. The molecule has 0 aliphatic carbocycles. The van der Waals surface area contributed by atoms with Crippen LogP contribution in [-0.2, 0) is 16.1 Å². The second-order valence-corrected chi connectivity index (χ2v) is 6.96. The second-order valence-electron chi connectivity index (χ2n) is 6.96. The smallest absolute Gasteiger partial charge is 0.408 e. The fourth-order valence-electron chi connectivity index (χ4n) is 2.16. The summed E-state index contributed by atoms with van der Waals surface area (Å²) in [6.45, 7) is 8.52. The van der Waals surface area contributed by atoms with Gasteiger partial charge in [0.2, 0.25) is 5.91 Å². The van der Waals surface area contributed by atoms with Gasteiger partial charge in [-0.05, 0) is 44.9 Å². The topological polar surface area (TPSA) is 87.7 Å². The maximum atomic E-state index is 13.2. The van der Waals surface area contributed by atoms with E-state index in [-0.39, 0.29) is 11.5 Å². The molecule has 25 heavy (non-hydrogen) atoms. The van der Waals surface area contributed by atoms with Crippen molar-refractivity contribution in [3.8, 4) is 0 Å². The lowest BCUT2D eigenvalue weighted by molar-refractivity contribution is -0.119. The molecule has 2 amide bonds. The van der Waals surface area contributed by atoms with E-state index in [0.29, 0.717) is 12.1 Å². The highest BCUT2D eigenvalue weighted by molar-refractivity contribution is 5.97. The first-order chi connectivity index (χ1) is 11.6. The Balaban J connectivity index is 2.92. The first kappa shape index (κ1) is 20.9. The molecule has 1 aromatic carbocycles. The number of ether oxygens (including phenoxy) is 1. The van der Waals surface area contributed by atoms with Crippen LogP contribution in [0.25, 0.3) is 0 Å². The summed E-state index contributed by atoms with van der Waals surface area (Å²) in [6.07, 6.45) is -0.0288. The Morgan fingerprint density at radius 1 is 1.32 bits per heavy atom. The quantitative estimate of drug-likeness (QED) is 0.732. The van der Waals surface area contributed by atoms with E-state index in [1.165, 1.54) is 12.1 Å². The first-order valence-corrected chi connectivity index (χ1v) is 8.27. The normalized spacial score (nSPS) is 13.7. The van der Waals surface area contributed by atoms with Gasteiger partial charge >= 0.3 is 6.09 Å². The van der Waals surface area contributed by atoms with Crippen molar-refractivity contribution >= 4 is 17.7 Å². The Labute approximate surface area is 147 Å². The van der Waals surface area contributed by atoms with Crippen LogP contribution in [-0.4, -0.2) is 28.7 Å². The van der Waals surface area contributed by atoms with E-state index in [1.807, 2.05) is 13.8 Å². The van der Waals surface area contributed by atoms with Gasteiger partial charge in [-0.3, -0.25) is 4.79 Å². The van der Waals surface area contributed by atoms with Crippen molar-refractivity contribution in [2.45, 2.75) is 59.3 Å². The summed E-state index contributed by atoms with van der Waals surface area (Å²) in [5.74, 6) is -1.11. The zero-order chi connectivity index (χ0) is 19.2.